The van der Waals surface area contributed by atoms with Gasteiger partial charge in [0, 0.05) is 32.2 Å². The fourth-order valence-electron chi connectivity index (χ4n) is 1.99. The van der Waals surface area contributed by atoms with Gasteiger partial charge in [-0.15, -0.1) is 0 Å². The topological polar surface area (TPSA) is 64.3 Å². The summed E-state index contributed by atoms with van der Waals surface area (Å²) in [6.45, 7) is 4.34. The molecule has 4 nitrogen and oxygen atoms in total. The van der Waals surface area contributed by atoms with E-state index in [9.17, 15) is 4.79 Å². The van der Waals surface area contributed by atoms with Crippen LogP contribution in [-0.2, 0) is 9.53 Å². The van der Waals surface area contributed by atoms with Crippen molar-refractivity contribution in [2.75, 3.05) is 19.8 Å². The molecule has 1 unspecified atom stereocenters. The molecule has 0 aromatic heterocycles. The summed E-state index contributed by atoms with van der Waals surface area (Å²) in [4.78, 5) is 11.7. The molecule has 3 N–H and O–H groups in total. The molecule has 0 aliphatic carbocycles. The van der Waals surface area contributed by atoms with Gasteiger partial charge in [-0.05, 0) is 24.8 Å². The van der Waals surface area contributed by atoms with Crippen LogP contribution < -0.4 is 11.1 Å². The van der Waals surface area contributed by atoms with Crippen molar-refractivity contribution in [2.45, 2.75) is 45.1 Å². The second-order valence-electron chi connectivity index (χ2n) is 5.23. The second-order valence-corrected chi connectivity index (χ2v) is 5.23. The summed E-state index contributed by atoms with van der Waals surface area (Å²) < 4.78 is 5.44. The first kappa shape index (κ1) is 17.7. The Hall–Kier alpha value is -1.39. The minimum absolute atomic E-state index is 0.0648. The Morgan fingerprint density at radius 1 is 1.24 bits per heavy atom. The van der Waals surface area contributed by atoms with Gasteiger partial charge in [-0.25, -0.2) is 0 Å². The van der Waals surface area contributed by atoms with Crippen molar-refractivity contribution in [2.24, 2.45) is 5.73 Å². The summed E-state index contributed by atoms with van der Waals surface area (Å²) in [7, 11) is 0. The third-order valence-electron chi connectivity index (χ3n) is 3.34. The zero-order valence-corrected chi connectivity index (χ0v) is 13.0. The van der Waals surface area contributed by atoms with Crippen molar-refractivity contribution in [3.8, 4) is 0 Å². The van der Waals surface area contributed by atoms with Gasteiger partial charge in [-0.3, -0.25) is 4.79 Å². The highest BCUT2D eigenvalue weighted by Gasteiger charge is 2.08. The first-order valence-corrected chi connectivity index (χ1v) is 7.89. The Kier molecular flexibility index (Phi) is 9.49. The van der Waals surface area contributed by atoms with Gasteiger partial charge in [-0.1, -0.05) is 43.7 Å². The fourth-order valence-corrected chi connectivity index (χ4v) is 1.99. The molecular formula is C17H28N2O2. The number of carbonyl (C=O) groups is 1. The molecule has 1 aromatic rings. The van der Waals surface area contributed by atoms with E-state index in [1.165, 1.54) is 0 Å². The quantitative estimate of drug-likeness (QED) is 0.616. The van der Waals surface area contributed by atoms with Crippen LogP contribution in [0.2, 0.25) is 0 Å². The largest absolute Gasteiger partial charge is 0.381 e. The van der Waals surface area contributed by atoms with Crippen molar-refractivity contribution in [1.29, 1.82) is 0 Å². The highest BCUT2D eigenvalue weighted by Crippen LogP contribution is 2.14. The summed E-state index contributed by atoms with van der Waals surface area (Å²) in [6, 6.07) is 9.81. The normalized spacial score (nSPS) is 12.1. The Balaban J connectivity index is 2.03. The number of hydrogen-bond donors (Lipinski definition) is 2. The molecule has 0 saturated carbocycles. The number of rotatable bonds is 11. The van der Waals surface area contributed by atoms with E-state index >= 15 is 0 Å². The maximum absolute atomic E-state index is 11.7. The predicted octanol–water partition coefficient (Wildman–Crippen LogP) is 2.79. The smallest absolute Gasteiger partial charge is 0.220 e. The van der Waals surface area contributed by atoms with Crippen molar-refractivity contribution >= 4 is 5.91 Å². The minimum Gasteiger partial charge on any atom is -0.381 e. The molecule has 0 radical (unpaired) electrons. The van der Waals surface area contributed by atoms with Crippen molar-refractivity contribution < 1.29 is 9.53 Å². The third-order valence-corrected chi connectivity index (χ3v) is 3.34. The number of carbonyl (C=O) groups excluding carboxylic acids is 1. The van der Waals surface area contributed by atoms with Gasteiger partial charge in [0.25, 0.3) is 0 Å². The van der Waals surface area contributed by atoms with Crippen LogP contribution in [0.3, 0.4) is 0 Å². The molecule has 0 aliphatic heterocycles. The van der Waals surface area contributed by atoms with Gasteiger partial charge in [-0.2, -0.15) is 0 Å². The molecule has 1 aromatic carbocycles. The number of nitrogens with one attached hydrogen (secondary N) is 1. The third kappa shape index (κ3) is 8.48. The van der Waals surface area contributed by atoms with Gasteiger partial charge in [0.15, 0.2) is 0 Å². The van der Waals surface area contributed by atoms with Crippen molar-refractivity contribution in [3.63, 3.8) is 0 Å². The van der Waals surface area contributed by atoms with Gasteiger partial charge in [0.1, 0.15) is 0 Å². The fraction of sp³-hybridized carbons (Fsp3) is 0.588. The number of nitrogens with two attached hydrogens (primary N) is 1. The van der Waals surface area contributed by atoms with E-state index < -0.39 is 0 Å². The van der Waals surface area contributed by atoms with E-state index in [-0.39, 0.29) is 11.9 Å². The first-order valence-electron chi connectivity index (χ1n) is 7.89. The predicted molar refractivity (Wildman–Crippen MR) is 86.0 cm³/mol. The maximum atomic E-state index is 11.7. The van der Waals surface area contributed by atoms with Crippen LogP contribution in [0.25, 0.3) is 0 Å². The molecule has 0 fully saturated rings. The van der Waals surface area contributed by atoms with Crippen molar-refractivity contribution in [1.82, 2.24) is 5.32 Å². The molecule has 0 aliphatic rings. The van der Waals surface area contributed by atoms with E-state index in [0.717, 1.165) is 31.4 Å². The number of ether oxygens (including phenoxy) is 1. The van der Waals surface area contributed by atoms with Crippen LogP contribution in [0.4, 0.5) is 0 Å². The Morgan fingerprint density at radius 3 is 2.67 bits per heavy atom. The van der Waals surface area contributed by atoms with Crippen LogP contribution >= 0.6 is 0 Å². The molecule has 0 heterocycles. The lowest BCUT2D eigenvalue weighted by molar-refractivity contribution is -0.121. The van der Waals surface area contributed by atoms with Crippen LogP contribution in [0, 0.1) is 0 Å². The van der Waals surface area contributed by atoms with Crippen LogP contribution in [-0.4, -0.2) is 25.7 Å². The summed E-state index contributed by atoms with van der Waals surface area (Å²) in [5.41, 5.74) is 7.14. The molecule has 0 spiro atoms. The Bertz CT molecular complexity index is 382. The first-order chi connectivity index (χ1) is 10.2. The summed E-state index contributed by atoms with van der Waals surface area (Å²) in [5, 5.41) is 2.91. The number of amides is 1. The van der Waals surface area contributed by atoms with Crippen LogP contribution in [0.5, 0.6) is 0 Å². The molecule has 1 rings (SSSR count). The highest BCUT2D eigenvalue weighted by molar-refractivity contribution is 5.75. The average molecular weight is 292 g/mol. The Labute approximate surface area is 128 Å². The van der Waals surface area contributed by atoms with Gasteiger partial charge in [0.05, 0.1) is 0 Å². The zero-order chi connectivity index (χ0) is 15.3. The number of unbranched alkanes of at least 4 members (excludes halogenated alkanes) is 1. The van der Waals surface area contributed by atoms with Crippen molar-refractivity contribution in [3.05, 3.63) is 35.9 Å². The molecule has 118 valence electrons. The average Bonchev–Trinajstić information content (AvgIpc) is 2.52. The van der Waals surface area contributed by atoms with Crippen LogP contribution in [0.1, 0.15) is 50.6 Å². The summed E-state index contributed by atoms with van der Waals surface area (Å²) in [5.74, 6) is 0.0648. The molecule has 1 atom stereocenters. The summed E-state index contributed by atoms with van der Waals surface area (Å²) >= 11 is 0. The van der Waals surface area contributed by atoms with Gasteiger partial charge < -0.3 is 15.8 Å². The molecule has 4 heteroatoms. The standard InChI is InChI=1S/C17H28N2O2/c1-2-3-13-21-14-7-12-19-17(20)11-10-16(18)15-8-5-4-6-9-15/h4-6,8-9,16H,2-3,7,10-14,18H2,1H3,(H,19,20). The highest BCUT2D eigenvalue weighted by atomic mass is 16.5. The monoisotopic (exact) mass is 292 g/mol. The van der Waals surface area contributed by atoms with E-state index in [2.05, 4.69) is 12.2 Å². The van der Waals surface area contributed by atoms with E-state index in [1.807, 2.05) is 30.3 Å². The molecule has 0 bridgehead atoms. The second kappa shape index (κ2) is 11.3. The maximum Gasteiger partial charge on any atom is 0.220 e. The molecule has 21 heavy (non-hydrogen) atoms. The number of hydrogen-bond acceptors (Lipinski definition) is 3. The minimum atomic E-state index is -0.0747. The Morgan fingerprint density at radius 2 is 1.95 bits per heavy atom. The van der Waals surface area contributed by atoms with E-state index in [4.69, 9.17) is 10.5 Å². The SMILES string of the molecule is CCCCOCCCNC(=O)CCC(N)c1ccccc1. The molecule has 1 amide bonds. The lowest BCUT2D eigenvalue weighted by Gasteiger charge is -2.12. The zero-order valence-electron chi connectivity index (χ0n) is 13.0. The van der Waals surface area contributed by atoms with Gasteiger partial charge >= 0.3 is 0 Å². The van der Waals surface area contributed by atoms with Gasteiger partial charge in [0.2, 0.25) is 5.91 Å². The summed E-state index contributed by atoms with van der Waals surface area (Å²) in [6.07, 6.45) is 4.25. The number of benzene rings is 1. The molecular weight excluding hydrogens is 264 g/mol. The lowest BCUT2D eigenvalue weighted by Crippen LogP contribution is -2.26. The van der Waals surface area contributed by atoms with Crippen LogP contribution in [0.15, 0.2) is 30.3 Å². The van der Waals surface area contributed by atoms with E-state index in [0.29, 0.717) is 26.0 Å². The lowest BCUT2D eigenvalue weighted by atomic mass is 10.0. The van der Waals surface area contributed by atoms with E-state index in [1.54, 1.807) is 0 Å². The molecule has 0 saturated heterocycles.